The molecule has 0 aromatic rings. The van der Waals surface area contributed by atoms with Crippen LogP contribution in [0.3, 0.4) is 0 Å². The number of nitrogens with zero attached hydrogens (tertiary/aromatic N) is 1. The quantitative estimate of drug-likeness (QED) is 0.239. The topological polar surface area (TPSA) is 87.4 Å². The first kappa shape index (κ1) is 17.3. The zero-order valence-electron chi connectivity index (χ0n) is 11.5. The highest BCUT2D eigenvalue weighted by atomic mass is 16.6. The van der Waals surface area contributed by atoms with Crippen molar-refractivity contribution in [3.8, 4) is 6.07 Å². The third kappa shape index (κ3) is 8.97. The molecule has 0 saturated carbocycles. The van der Waals surface area contributed by atoms with Crippen LogP contribution in [0.5, 0.6) is 0 Å². The lowest BCUT2D eigenvalue weighted by Crippen LogP contribution is -2.17. The Balaban J connectivity index is 4.14. The normalized spacial score (nSPS) is 11.2. The van der Waals surface area contributed by atoms with Crippen LogP contribution in [0.25, 0.3) is 0 Å². The van der Waals surface area contributed by atoms with Gasteiger partial charge in [0, 0.05) is 11.6 Å². The molecule has 0 aliphatic rings. The Hall–Kier alpha value is -1.67. The summed E-state index contributed by atoms with van der Waals surface area (Å²) in [5, 5.41) is 17.1. The summed E-state index contributed by atoms with van der Waals surface area (Å²) in [7, 11) is 0. The third-order valence-electron chi connectivity index (χ3n) is 2.56. The van der Waals surface area contributed by atoms with Gasteiger partial charge in [-0.05, 0) is 18.8 Å². The number of esters is 2. The Morgan fingerprint density at radius 2 is 2.00 bits per heavy atom. The Morgan fingerprint density at radius 3 is 2.53 bits per heavy atom. The fraction of sp³-hybridized carbons (Fsp3) is 0.643. The van der Waals surface area contributed by atoms with Crippen molar-refractivity contribution >= 4 is 11.9 Å². The number of hydrogen-bond donors (Lipinski definition) is 1. The maximum Gasteiger partial charge on any atom is 0.342 e. The van der Waals surface area contributed by atoms with E-state index in [1.807, 2.05) is 0 Å². The van der Waals surface area contributed by atoms with Crippen molar-refractivity contribution in [2.75, 3.05) is 6.61 Å². The van der Waals surface area contributed by atoms with Gasteiger partial charge in [0.25, 0.3) is 0 Å². The summed E-state index contributed by atoms with van der Waals surface area (Å²) in [6.07, 6.45) is 5.43. The monoisotopic (exact) mass is 267 g/mol. The molecule has 0 unspecified atom stereocenters. The van der Waals surface area contributed by atoms with Gasteiger partial charge in [-0.2, -0.15) is 5.26 Å². The van der Waals surface area contributed by atoms with Crippen LogP contribution in [0, 0.1) is 17.2 Å². The summed E-state index contributed by atoms with van der Waals surface area (Å²) >= 11 is 0. The number of aliphatic hydroxyl groups is 1. The van der Waals surface area contributed by atoms with Gasteiger partial charge >= 0.3 is 11.9 Å². The fourth-order valence-corrected chi connectivity index (χ4v) is 1.56. The maximum absolute atomic E-state index is 11.5. The molecule has 0 rings (SSSR count). The van der Waals surface area contributed by atoms with E-state index in [1.165, 1.54) is 0 Å². The van der Waals surface area contributed by atoms with Gasteiger partial charge in [-0.25, -0.2) is 9.59 Å². The van der Waals surface area contributed by atoms with Crippen molar-refractivity contribution in [3.63, 3.8) is 0 Å². The number of carbonyl (C=O) groups excluding carboxylic acids is 2. The van der Waals surface area contributed by atoms with E-state index in [-0.39, 0.29) is 5.57 Å². The number of carbonyl (C=O) groups is 2. The van der Waals surface area contributed by atoms with Crippen LogP contribution >= 0.6 is 0 Å². The van der Waals surface area contributed by atoms with Gasteiger partial charge in [0.05, 0.1) is 6.07 Å². The van der Waals surface area contributed by atoms with Crippen LogP contribution in [0.15, 0.2) is 11.6 Å². The smallest absolute Gasteiger partial charge is 0.342 e. The predicted molar refractivity (Wildman–Crippen MR) is 69.8 cm³/mol. The van der Waals surface area contributed by atoms with Gasteiger partial charge in [-0.3, -0.25) is 0 Å². The lowest BCUT2D eigenvalue weighted by Gasteiger charge is -2.06. The molecule has 0 aliphatic heterocycles. The van der Waals surface area contributed by atoms with Crippen molar-refractivity contribution in [3.05, 3.63) is 11.6 Å². The molecule has 0 aromatic heterocycles. The molecular weight excluding hydrogens is 246 g/mol. The highest BCUT2D eigenvalue weighted by Gasteiger charge is 2.14. The van der Waals surface area contributed by atoms with Gasteiger partial charge in [0.2, 0.25) is 0 Å². The summed E-state index contributed by atoms with van der Waals surface area (Å²) in [5.74, 6) is -1.20. The van der Waals surface area contributed by atoms with Crippen LogP contribution in [0.2, 0.25) is 0 Å². The van der Waals surface area contributed by atoms with E-state index in [4.69, 9.17) is 10.4 Å². The van der Waals surface area contributed by atoms with Crippen LogP contribution in [0.1, 0.15) is 46.0 Å². The average molecular weight is 267 g/mol. The molecule has 0 atom stereocenters. The van der Waals surface area contributed by atoms with Crippen LogP contribution in [-0.4, -0.2) is 23.7 Å². The molecule has 0 fully saturated rings. The Bertz CT molecular complexity index is 366. The number of nitriles is 1. The second kappa shape index (κ2) is 10.3. The number of allylic oxidation sites excluding steroid dienone is 1. The number of aliphatic hydroxyl groups excluding tert-OH is 1. The van der Waals surface area contributed by atoms with Crippen LogP contribution in [-0.2, 0) is 14.3 Å². The summed E-state index contributed by atoms with van der Waals surface area (Å²) in [6.45, 7) is 3.46. The molecule has 0 bridgehead atoms. The van der Waals surface area contributed by atoms with E-state index in [9.17, 15) is 9.59 Å². The number of hydrogen-bond acceptors (Lipinski definition) is 5. The lowest BCUT2D eigenvalue weighted by atomic mass is 10.0. The Kier molecular flexibility index (Phi) is 9.37. The van der Waals surface area contributed by atoms with Gasteiger partial charge < -0.3 is 9.84 Å². The van der Waals surface area contributed by atoms with E-state index in [0.717, 1.165) is 31.8 Å². The van der Waals surface area contributed by atoms with Crippen LogP contribution < -0.4 is 0 Å². The Morgan fingerprint density at radius 1 is 1.32 bits per heavy atom. The molecule has 5 nitrogen and oxygen atoms in total. The minimum atomic E-state index is -1.01. The molecule has 19 heavy (non-hydrogen) atoms. The standard InChI is InChI=1S/C14H21NO4/c1-11(2)6-4-3-5-7-12(8-9-15)14(18)19-13(17)10-16/h8,11,16H,3-7,10H2,1-2H3. The molecule has 0 saturated heterocycles. The maximum atomic E-state index is 11.5. The molecule has 0 heterocycles. The Labute approximate surface area is 113 Å². The molecule has 5 heteroatoms. The predicted octanol–water partition coefficient (Wildman–Crippen LogP) is 2.10. The van der Waals surface area contributed by atoms with Gasteiger partial charge in [0.15, 0.2) is 0 Å². The van der Waals surface area contributed by atoms with E-state index in [1.54, 1.807) is 6.07 Å². The molecule has 0 radical (unpaired) electrons. The van der Waals surface area contributed by atoms with Gasteiger partial charge in [0.1, 0.15) is 6.61 Å². The van der Waals surface area contributed by atoms with E-state index >= 15 is 0 Å². The average Bonchev–Trinajstić information content (AvgIpc) is 2.36. The van der Waals surface area contributed by atoms with Crippen molar-refractivity contribution in [1.29, 1.82) is 5.26 Å². The summed E-state index contributed by atoms with van der Waals surface area (Å²) in [6, 6.07) is 1.76. The summed E-state index contributed by atoms with van der Waals surface area (Å²) < 4.78 is 4.36. The highest BCUT2D eigenvalue weighted by Crippen LogP contribution is 2.14. The van der Waals surface area contributed by atoms with Crippen molar-refractivity contribution in [1.82, 2.24) is 0 Å². The summed E-state index contributed by atoms with van der Waals surface area (Å²) in [4.78, 5) is 22.3. The zero-order chi connectivity index (χ0) is 14.7. The van der Waals surface area contributed by atoms with Crippen molar-refractivity contribution in [2.24, 2.45) is 5.92 Å². The zero-order valence-corrected chi connectivity index (χ0v) is 11.5. The SMILES string of the molecule is CC(C)CCCCCC(=CC#N)C(=O)OC(=O)CO. The minimum absolute atomic E-state index is 0.175. The fourth-order valence-electron chi connectivity index (χ4n) is 1.56. The summed E-state index contributed by atoms with van der Waals surface area (Å²) in [5.41, 5.74) is 0.175. The van der Waals surface area contributed by atoms with Crippen molar-refractivity contribution < 1.29 is 19.4 Å². The van der Waals surface area contributed by atoms with Gasteiger partial charge in [-0.1, -0.05) is 33.1 Å². The first-order chi connectivity index (χ1) is 9.01. The van der Waals surface area contributed by atoms with E-state index < -0.39 is 18.5 Å². The molecule has 0 aliphatic carbocycles. The van der Waals surface area contributed by atoms with Crippen LogP contribution in [0.4, 0.5) is 0 Å². The van der Waals surface area contributed by atoms with E-state index in [2.05, 4.69) is 18.6 Å². The molecular formula is C14H21NO4. The first-order valence-corrected chi connectivity index (χ1v) is 6.45. The lowest BCUT2D eigenvalue weighted by molar-refractivity contribution is -0.159. The van der Waals surface area contributed by atoms with E-state index in [0.29, 0.717) is 12.3 Å². The largest absolute Gasteiger partial charge is 0.388 e. The molecule has 0 amide bonds. The molecule has 106 valence electrons. The molecule has 0 aromatic carbocycles. The number of rotatable bonds is 8. The first-order valence-electron chi connectivity index (χ1n) is 6.45. The highest BCUT2D eigenvalue weighted by molar-refractivity contribution is 5.96. The number of unbranched alkanes of at least 4 members (excludes halogenated alkanes) is 2. The molecule has 1 N–H and O–H groups in total. The minimum Gasteiger partial charge on any atom is -0.388 e. The van der Waals surface area contributed by atoms with Gasteiger partial charge in [-0.15, -0.1) is 0 Å². The third-order valence-corrected chi connectivity index (χ3v) is 2.56. The second-order valence-electron chi connectivity index (χ2n) is 4.71. The second-order valence-corrected chi connectivity index (χ2v) is 4.71. The molecule has 0 spiro atoms. The van der Waals surface area contributed by atoms with Crippen molar-refractivity contribution in [2.45, 2.75) is 46.0 Å². The number of ether oxygens (including phenoxy) is 1.